The summed E-state index contributed by atoms with van der Waals surface area (Å²) in [5, 5.41) is 2.85. The summed E-state index contributed by atoms with van der Waals surface area (Å²) in [5.41, 5.74) is 10.4. The molecule has 0 radical (unpaired) electrons. The Hall–Kier alpha value is -2.29. The second-order valence-electron chi connectivity index (χ2n) is 4.78. The molecule has 0 aromatic heterocycles. The van der Waals surface area contributed by atoms with Gasteiger partial charge in [-0.05, 0) is 37.1 Å². The van der Waals surface area contributed by atoms with Gasteiger partial charge in [-0.2, -0.15) is 0 Å². The minimum Gasteiger partial charge on any atom is -0.398 e. The van der Waals surface area contributed by atoms with E-state index in [1.54, 1.807) is 6.07 Å². The van der Waals surface area contributed by atoms with Crippen LogP contribution in [-0.4, -0.2) is 5.91 Å². The molecule has 0 fully saturated rings. The molecule has 1 amide bonds. The number of aryl methyl sites for hydroxylation is 2. The average Bonchev–Trinajstić information content (AvgIpc) is 2.37. The average molecular weight is 254 g/mol. The van der Waals surface area contributed by atoms with Crippen LogP contribution >= 0.6 is 0 Å². The second kappa shape index (κ2) is 5.57. The molecule has 0 saturated carbocycles. The molecule has 2 rings (SSSR count). The number of anilines is 2. The quantitative estimate of drug-likeness (QED) is 0.827. The van der Waals surface area contributed by atoms with Crippen LogP contribution in [0.4, 0.5) is 11.4 Å². The molecule has 0 aliphatic rings. The summed E-state index contributed by atoms with van der Waals surface area (Å²) in [4.78, 5) is 11.9. The van der Waals surface area contributed by atoms with Crippen LogP contribution < -0.4 is 11.1 Å². The number of hydrogen-bond donors (Lipinski definition) is 2. The zero-order valence-electron chi connectivity index (χ0n) is 11.2. The maximum Gasteiger partial charge on any atom is 0.228 e. The van der Waals surface area contributed by atoms with Gasteiger partial charge in [0.05, 0.1) is 6.42 Å². The van der Waals surface area contributed by atoms with Crippen LogP contribution in [0.1, 0.15) is 16.7 Å². The van der Waals surface area contributed by atoms with E-state index in [0.717, 1.165) is 16.8 Å². The van der Waals surface area contributed by atoms with Gasteiger partial charge in [0.1, 0.15) is 0 Å². The minimum absolute atomic E-state index is 0.0351. The molecule has 0 aliphatic heterocycles. The number of amides is 1. The molecule has 0 aliphatic carbocycles. The molecule has 0 heterocycles. The number of rotatable bonds is 3. The van der Waals surface area contributed by atoms with Gasteiger partial charge in [0.25, 0.3) is 0 Å². The van der Waals surface area contributed by atoms with Crippen molar-refractivity contribution in [2.75, 3.05) is 11.1 Å². The molecule has 0 bridgehead atoms. The fourth-order valence-electron chi connectivity index (χ4n) is 1.81. The van der Waals surface area contributed by atoms with Crippen molar-refractivity contribution in [3.63, 3.8) is 0 Å². The first-order chi connectivity index (χ1) is 9.04. The van der Waals surface area contributed by atoms with Crippen LogP contribution in [0, 0.1) is 13.8 Å². The molecular formula is C16H18N2O. The van der Waals surface area contributed by atoms with Gasteiger partial charge in [-0.3, -0.25) is 4.79 Å². The van der Waals surface area contributed by atoms with Crippen molar-refractivity contribution in [2.24, 2.45) is 0 Å². The number of nitrogen functional groups attached to an aromatic ring is 1. The van der Waals surface area contributed by atoms with Crippen molar-refractivity contribution in [2.45, 2.75) is 20.3 Å². The first kappa shape index (κ1) is 13.1. The van der Waals surface area contributed by atoms with Gasteiger partial charge in [-0.1, -0.05) is 35.9 Å². The lowest BCUT2D eigenvalue weighted by molar-refractivity contribution is -0.115. The number of nitrogens with one attached hydrogen (secondary N) is 1. The van der Waals surface area contributed by atoms with E-state index in [9.17, 15) is 4.79 Å². The summed E-state index contributed by atoms with van der Waals surface area (Å²) in [6, 6.07) is 13.5. The van der Waals surface area contributed by atoms with Gasteiger partial charge in [-0.15, -0.1) is 0 Å². The Morgan fingerprint density at radius 1 is 1.11 bits per heavy atom. The molecule has 0 saturated heterocycles. The highest BCUT2D eigenvalue weighted by atomic mass is 16.1. The van der Waals surface area contributed by atoms with Crippen LogP contribution in [0.25, 0.3) is 0 Å². The Morgan fingerprint density at radius 3 is 2.42 bits per heavy atom. The molecule has 2 aromatic carbocycles. The van der Waals surface area contributed by atoms with Crippen molar-refractivity contribution in [1.82, 2.24) is 0 Å². The van der Waals surface area contributed by atoms with E-state index in [0.29, 0.717) is 12.1 Å². The Morgan fingerprint density at radius 2 is 1.79 bits per heavy atom. The third kappa shape index (κ3) is 3.58. The number of nitrogens with two attached hydrogens (primary N) is 1. The minimum atomic E-state index is -0.0351. The van der Waals surface area contributed by atoms with Gasteiger partial charge >= 0.3 is 0 Å². The van der Waals surface area contributed by atoms with E-state index in [1.165, 1.54) is 5.56 Å². The van der Waals surface area contributed by atoms with Crippen LogP contribution in [0.5, 0.6) is 0 Å². The standard InChI is InChI=1S/C16H18N2O/c1-11-3-6-13(7-4-11)9-16(19)18-14-8-5-12(2)15(17)10-14/h3-8,10H,9,17H2,1-2H3,(H,18,19). The maximum atomic E-state index is 11.9. The Balaban J connectivity index is 2.01. The monoisotopic (exact) mass is 254 g/mol. The lowest BCUT2D eigenvalue weighted by atomic mass is 10.1. The van der Waals surface area contributed by atoms with Crippen LogP contribution in [-0.2, 0) is 11.2 Å². The van der Waals surface area contributed by atoms with E-state index in [2.05, 4.69) is 5.32 Å². The first-order valence-electron chi connectivity index (χ1n) is 6.26. The lowest BCUT2D eigenvalue weighted by Crippen LogP contribution is -2.14. The van der Waals surface area contributed by atoms with E-state index in [4.69, 9.17) is 5.73 Å². The van der Waals surface area contributed by atoms with E-state index < -0.39 is 0 Å². The first-order valence-corrected chi connectivity index (χ1v) is 6.26. The largest absolute Gasteiger partial charge is 0.398 e. The fraction of sp³-hybridized carbons (Fsp3) is 0.188. The van der Waals surface area contributed by atoms with Crippen LogP contribution in [0.15, 0.2) is 42.5 Å². The van der Waals surface area contributed by atoms with E-state index in [1.807, 2.05) is 50.2 Å². The molecule has 2 aromatic rings. The van der Waals surface area contributed by atoms with Crippen LogP contribution in [0.3, 0.4) is 0 Å². The van der Waals surface area contributed by atoms with Gasteiger partial charge in [0.15, 0.2) is 0 Å². The highest BCUT2D eigenvalue weighted by Gasteiger charge is 2.05. The third-order valence-electron chi connectivity index (χ3n) is 3.05. The summed E-state index contributed by atoms with van der Waals surface area (Å²) in [6.07, 6.45) is 0.369. The van der Waals surface area contributed by atoms with Gasteiger partial charge in [0, 0.05) is 11.4 Å². The molecule has 98 valence electrons. The molecule has 3 heteroatoms. The molecular weight excluding hydrogens is 236 g/mol. The number of carbonyl (C=O) groups excluding carboxylic acids is 1. The number of benzene rings is 2. The zero-order chi connectivity index (χ0) is 13.8. The molecule has 0 spiro atoms. The molecule has 19 heavy (non-hydrogen) atoms. The Bertz CT molecular complexity index is 588. The summed E-state index contributed by atoms with van der Waals surface area (Å²) in [7, 11) is 0. The smallest absolute Gasteiger partial charge is 0.228 e. The Labute approximate surface area is 113 Å². The third-order valence-corrected chi connectivity index (χ3v) is 3.05. The molecule has 0 unspecified atom stereocenters. The summed E-state index contributed by atoms with van der Waals surface area (Å²) < 4.78 is 0. The fourth-order valence-corrected chi connectivity index (χ4v) is 1.81. The van der Waals surface area contributed by atoms with Crippen molar-refractivity contribution in [3.8, 4) is 0 Å². The molecule has 3 N–H and O–H groups in total. The normalized spacial score (nSPS) is 10.2. The van der Waals surface area contributed by atoms with Crippen LogP contribution in [0.2, 0.25) is 0 Å². The maximum absolute atomic E-state index is 11.9. The topological polar surface area (TPSA) is 55.1 Å². The van der Waals surface area contributed by atoms with Gasteiger partial charge in [0.2, 0.25) is 5.91 Å². The highest BCUT2D eigenvalue weighted by molar-refractivity contribution is 5.92. The van der Waals surface area contributed by atoms with E-state index >= 15 is 0 Å². The second-order valence-corrected chi connectivity index (χ2v) is 4.78. The zero-order valence-corrected chi connectivity index (χ0v) is 11.2. The van der Waals surface area contributed by atoms with Crippen molar-refractivity contribution >= 4 is 17.3 Å². The Kier molecular flexibility index (Phi) is 3.85. The number of hydrogen-bond acceptors (Lipinski definition) is 2. The van der Waals surface area contributed by atoms with Gasteiger partial charge < -0.3 is 11.1 Å². The predicted molar refractivity (Wildman–Crippen MR) is 79.1 cm³/mol. The SMILES string of the molecule is Cc1ccc(CC(=O)Nc2ccc(C)c(N)c2)cc1. The highest BCUT2D eigenvalue weighted by Crippen LogP contribution is 2.17. The predicted octanol–water partition coefficient (Wildman–Crippen LogP) is 3.07. The summed E-state index contributed by atoms with van der Waals surface area (Å²) in [5.74, 6) is -0.0351. The lowest BCUT2D eigenvalue weighted by Gasteiger charge is -2.07. The summed E-state index contributed by atoms with van der Waals surface area (Å²) in [6.45, 7) is 3.96. The number of carbonyl (C=O) groups is 1. The van der Waals surface area contributed by atoms with Crippen molar-refractivity contribution in [3.05, 3.63) is 59.2 Å². The van der Waals surface area contributed by atoms with Crippen molar-refractivity contribution < 1.29 is 4.79 Å². The summed E-state index contributed by atoms with van der Waals surface area (Å²) >= 11 is 0. The molecule has 3 nitrogen and oxygen atoms in total. The van der Waals surface area contributed by atoms with E-state index in [-0.39, 0.29) is 5.91 Å². The van der Waals surface area contributed by atoms with Gasteiger partial charge in [-0.25, -0.2) is 0 Å². The van der Waals surface area contributed by atoms with Crippen molar-refractivity contribution in [1.29, 1.82) is 0 Å². The molecule has 0 atom stereocenters.